The number of carbonyl (C=O) groups is 1. The summed E-state index contributed by atoms with van der Waals surface area (Å²) >= 11 is 0. The molecule has 2 rings (SSSR count). The van der Waals surface area contributed by atoms with Gasteiger partial charge in [0.2, 0.25) is 0 Å². The molecule has 2 atom stereocenters. The normalized spacial score (nSPS) is 31.9. The van der Waals surface area contributed by atoms with E-state index in [9.17, 15) is 4.79 Å². The molecule has 0 aromatic rings. The molecule has 2 aliphatic carbocycles. The molecule has 1 heteroatoms. The maximum atomic E-state index is 11.9. The fourth-order valence-electron chi connectivity index (χ4n) is 1.96. The van der Waals surface area contributed by atoms with Gasteiger partial charge in [-0.1, -0.05) is 30.1 Å². The Morgan fingerprint density at radius 2 is 2.07 bits per heavy atom. The fraction of sp³-hybridized carbons (Fsp3) is 0.462. The number of carbonyl (C=O) groups excluding carboxylic acids is 1. The van der Waals surface area contributed by atoms with E-state index in [-0.39, 0.29) is 11.8 Å². The van der Waals surface area contributed by atoms with Gasteiger partial charge in [-0.15, -0.1) is 0 Å². The standard InChI is InChI=1S/C13H12O/c14-13-11-7-4-2-1-3-5-8-12(13)10-6-9-11/h1-2,11-12H,6,8-10H2/b2-1+. The van der Waals surface area contributed by atoms with Crippen molar-refractivity contribution in [3.05, 3.63) is 12.2 Å². The minimum Gasteiger partial charge on any atom is -0.298 e. The lowest BCUT2D eigenvalue weighted by atomic mass is 9.79. The van der Waals surface area contributed by atoms with Gasteiger partial charge >= 0.3 is 0 Å². The van der Waals surface area contributed by atoms with Crippen LogP contribution in [0.15, 0.2) is 12.2 Å². The Kier molecular flexibility index (Phi) is 2.70. The molecule has 0 aromatic carbocycles. The summed E-state index contributed by atoms with van der Waals surface area (Å²) in [4.78, 5) is 11.9. The molecule has 70 valence electrons. The summed E-state index contributed by atoms with van der Waals surface area (Å²) < 4.78 is 0. The Bertz CT molecular complexity index is 381. The summed E-state index contributed by atoms with van der Waals surface area (Å²) in [6, 6.07) is 0. The van der Waals surface area contributed by atoms with Crippen LogP contribution >= 0.6 is 0 Å². The molecule has 0 radical (unpaired) electrons. The van der Waals surface area contributed by atoms with Gasteiger partial charge < -0.3 is 0 Å². The van der Waals surface area contributed by atoms with Crippen molar-refractivity contribution in [3.8, 4) is 23.7 Å². The van der Waals surface area contributed by atoms with Crippen molar-refractivity contribution in [1.82, 2.24) is 0 Å². The topological polar surface area (TPSA) is 17.1 Å². The lowest BCUT2D eigenvalue weighted by Gasteiger charge is -2.23. The first-order valence-corrected chi connectivity index (χ1v) is 5.06. The van der Waals surface area contributed by atoms with E-state index in [4.69, 9.17) is 0 Å². The van der Waals surface area contributed by atoms with E-state index in [1.54, 1.807) is 12.2 Å². The molecule has 0 aliphatic heterocycles. The molecular weight excluding hydrogens is 172 g/mol. The first-order valence-electron chi connectivity index (χ1n) is 5.06. The Labute approximate surface area is 84.6 Å². The smallest absolute Gasteiger partial charge is 0.151 e. The minimum atomic E-state index is -0.0294. The minimum absolute atomic E-state index is 0.0294. The van der Waals surface area contributed by atoms with E-state index in [1.807, 2.05) is 0 Å². The molecule has 0 amide bonds. The summed E-state index contributed by atoms with van der Waals surface area (Å²) in [5.41, 5.74) is 0. The molecule has 1 saturated carbocycles. The van der Waals surface area contributed by atoms with E-state index in [0.29, 0.717) is 12.2 Å². The van der Waals surface area contributed by atoms with Crippen molar-refractivity contribution in [2.75, 3.05) is 0 Å². The van der Waals surface area contributed by atoms with Crippen LogP contribution in [0.25, 0.3) is 0 Å². The van der Waals surface area contributed by atoms with Crippen LogP contribution in [0.4, 0.5) is 0 Å². The lowest BCUT2D eigenvalue weighted by Crippen LogP contribution is -2.27. The van der Waals surface area contributed by atoms with Crippen LogP contribution in [-0.2, 0) is 4.79 Å². The van der Waals surface area contributed by atoms with E-state index < -0.39 is 0 Å². The quantitative estimate of drug-likeness (QED) is 0.526. The van der Waals surface area contributed by atoms with Gasteiger partial charge in [-0.2, -0.15) is 0 Å². The van der Waals surface area contributed by atoms with Crippen molar-refractivity contribution in [2.45, 2.75) is 25.7 Å². The van der Waals surface area contributed by atoms with Crippen LogP contribution < -0.4 is 0 Å². The lowest BCUT2D eigenvalue weighted by molar-refractivity contribution is -0.127. The van der Waals surface area contributed by atoms with E-state index in [1.165, 1.54) is 0 Å². The molecule has 0 saturated heterocycles. The first-order chi connectivity index (χ1) is 6.88. The van der Waals surface area contributed by atoms with Crippen molar-refractivity contribution in [2.24, 2.45) is 11.8 Å². The fourth-order valence-corrected chi connectivity index (χ4v) is 1.96. The zero-order valence-electron chi connectivity index (χ0n) is 8.05. The van der Waals surface area contributed by atoms with Gasteiger partial charge in [0, 0.05) is 12.3 Å². The molecule has 2 aliphatic rings. The third-order valence-electron chi connectivity index (χ3n) is 2.75. The van der Waals surface area contributed by atoms with Crippen molar-refractivity contribution >= 4 is 5.78 Å². The molecule has 0 N–H and O–H groups in total. The van der Waals surface area contributed by atoms with Crippen LogP contribution in [0.2, 0.25) is 0 Å². The van der Waals surface area contributed by atoms with Crippen molar-refractivity contribution < 1.29 is 4.79 Å². The van der Waals surface area contributed by atoms with Crippen LogP contribution in [0.5, 0.6) is 0 Å². The second kappa shape index (κ2) is 4.16. The largest absolute Gasteiger partial charge is 0.298 e. The Hall–Kier alpha value is -1.47. The van der Waals surface area contributed by atoms with Crippen LogP contribution in [0.1, 0.15) is 25.7 Å². The number of allylic oxidation sites excluding steroid dienone is 2. The number of ketones is 1. The van der Waals surface area contributed by atoms with E-state index in [0.717, 1.165) is 19.3 Å². The van der Waals surface area contributed by atoms with Crippen molar-refractivity contribution in [3.63, 3.8) is 0 Å². The Morgan fingerprint density at radius 1 is 1.21 bits per heavy atom. The van der Waals surface area contributed by atoms with Crippen LogP contribution in [0, 0.1) is 35.5 Å². The highest BCUT2D eigenvalue weighted by Crippen LogP contribution is 2.27. The predicted molar refractivity (Wildman–Crippen MR) is 55.1 cm³/mol. The Balaban J connectivity index is 2.27. The molecule has 0 aromatic heterocycles. The summed E-state index contributed by atoms with van der Waals surface area (Å²) in [5, 5.41) is 0. The monoisotopic (exact) mass is 184 g/mol. The third kappa shape index (κ3) is 1.88. The van der Waals surface area contributed by atoms with E-state index in [2.05, 4.69) is 23.7 Å². The predicted octanol–water partition coefficient (Wildman–Crippen LogP) is 1.94. The zero-order valence-corrected chi connectivity index (χ0v) is 8.05. The third-order valence-corrected chi connectivity index (χ3v) is 2.75. The van der Waals surface area contributed by atoms with Gasteiger partial charge in [-0.05, 0) is 25.0 Å². The number of Topliss-reactive ketones (excluding diaryl/α,β-unsaturated/α-hetero) is 1. The average Bonchev–Trinajstić information content (AvgIpc) is 2.18. The number of rotatable bonds is 0. The SMILES string of the molecule is O=C1C2C#C/C=C/C#CCC1CCC2. The molecule has 0 spiro atoms. The molecule has 14 heavy (non-hydrogen) atoms. The number of fused-ring (bicyclic) bond motifs is 2. The number of hydrogen-bond acceptors (Lipinski definition) is 1. The summed E-state index contributed by atoms with van der Waals surface area (Å²) in [6.45, 7) is 0. The van der Waals surface area contributed by atoms with Gasteiger partial charge in [0.15, 0.2) is 5.78 Å². The summed E-state index contributed by atoms with van der Waals surface area (Å²) in [6.07, 6.45) is 7.25. The summed E-state index contributed by atoms with van der Waals surface area (Å²) in [7, 11) is 0. The second-order valence-corrected chi connectivity index (χ2v) is 3.73. The average molecular weight is 184 g/mol. The highest BCUT2D eigenvalue weighted by Gasteiger charge is 2.29. The molecule has 2 unspecified atom stereocenters. The maximum absolute atomic E-state index is 11.9. The highest BCUT2D eigenvalue weighted by molar-refractivity contribution is 5.87. The van der Waals surface area contributed by atoms with Crippen LogP contribution in [0.3, 0.4) is 0 Å². The zero-order chi connectivity index (χ0) is 9.80. The van der Waals surface area contributed by atoms with Crippen LogP contribution in [-0.4, -0.2) is 5.78 Å². The molecular formula is C13H12O. The first kappa shape index (κ1) is 9.10. The molecule has 0 heterocycles. The van der Waals surface area contributed by atoms with Gasteiger partial charge in [0.25, 0.3) is 0 Å². The molecule has 2 bridgehead atoms. The van der Waals surface area contributed by atoms with Gasteiger partial charge in [-0.25, -0.2) is 0 Å². The molecule has 1 nitrogen and oxygen atoms in total. The van der Waals surface area contributed by atoms with Gasteiger partial charge in [0.05, 0.1) is 5.92 Å². The van der Waals surface area contributed by atoms with E-state index >= 15 is 0 Å². The number of hydrogen-bond donors (Lipinski definition) is 0. The van der Waals surface area contributed by atoms with Gasteiger partial charge in [0.1, 0.15) is 0 Å². The Morgan fingerprint density at radius 3 is 3.00 bits per heavy atom. The van der Waals surface area contributed by atoms with Gasteiger partial charge in [-0.3, -0.25) is 4.79 Å². The second-order valence-electron chi connectivity index (χ2n) is 3.73. The highest BCUT2D eigenvalue weighted by atomic mass is 16.1. The summed E-state index contributed by atoms with van der Waals surface area (Å²) in [5.74, 6) is 12.2. The maximum Gasteiger partial charge on any atom is 0.151 e. The van der Waals surface area contributed by atoms with Crippen molar-refractivity contribution in [1.29, 1.82) is 0 Å². The molecule has 1 fully saturated rings.